The molecule has 0 saturated heterocycles. The number of carbonyl (C=O) groups is 1. The third-order valence-electron chi connectivity index (χ3n) is 3.97. The van der Waals surface area contributed by atoms with Gasteiger partial charge in [-0.05, 0) is 37.5 Å². The molecule has 20 heavy (non-hydrogen) atoms. The fraction of sp³-hybridized carbons (Fsp3) is 0.467. The number of aryl methyl sites for hydroxylation is 1. The second-order valence-electron chi connectivity index (χ2n) is 5.43. The van der Waals surface area contributed by atoms with Crippen molar-refractivity contribution in [3.05, 3.63) is 33.8 Å². The van der Waals surface area contributed by atoms with E-state index in [-0.39, 0.29) is 5.91 Å². The molecular weight excluding hydrogens is 336 g/mol. The first-order chi connectivity index (χ1) is 9.44. The van der Waals surface area contributed by atoms with Gasteiger partial charge in [0.25, 0.3) is 5.91 Å². The number of rotatable bonds is 3. The summed E-state index contributed by atoms with van der Waals surface area (Å²) in [5.74, 6) is -0.111. The summed E-state index contributed by atoms with van der Waals surface area (Å²) >= 11 is 8.65. The van der Waals surface area contributed by atoms with Crippen molar-refractivity contribution < 1.29 is 4.79 Å². The maximum atomic E-state index is 12.4. The van der Waals surface area contributed by atoms with Crippen LogP contribution in [0.3, 0.4) is 0 Å². The molecule has 0 spiro atoms. The Hall–Kier alpha value is -0.940. The summed E-state index contributed by atoms with van der Waals surface area (Å²) in [7, 11) is 0. The second kappa shape index (κ2) is 6.22. The van der Waals surface area contributed by atoms with Gasteiger partial charge in [0.2, 0.25) is 0 Å². The zero-order chi connectivity index (χ0) is 14.8. The molecule has 2 rings (SSSR count). The summed E-state index contributed by atoms with van der Waals surface area (Å²) in [6.45, 7) is 1.99. The van der Waals surface area contributed by atoms with Crippen molar-refractivity contribution in [2.75, 3.05) is 0 Å². The van der Waals surface area contributed by atoms with Crippen LogP contribution in [0.15, 0.2) is 22.7 Å². The summed E-state index contributed by atoms with van der Waals surface area (Å²) in [4.78, 5) is 12.8. The molecule has 0 unspecified atom stereocenters. The van der Waals surface area contributed by atoms with Crippen molar-refractivity contribution in [2.24, 2.45) is 5.73 Å². The molecule has 0 radical (unpaired) electrons. The lowest BCUT2D eigenvalue weighted by Gasteiger charge is -2.37. The van der Waals surface area contributed by atoms with Crippen molar-refractivity contribution in [3.8, 4) is 0 Å². The lowest BCUT2D eigenvalue weighted by molar-refractivity contribution is 0.0908. The Balaban J connectivity index is 2.20. The lowest BCUT2D eigenvalue weighted by Crippen LogP contribution is -2.57. The van der Waals surface area contributed by atoms with Crippen molar-refractivity contribution in [2.45, 2.75) is 44.6 Å². The van der Waals surface area contributed by atoms with Gasteiger partial charge in [-0.3, -0.25) is 4.79 Å². The summed E-state index contributed by atoms with van der Waals surface area (Å²) in [6, 6.07) is 5.58. The van der Waals surface area contributed by atoms with Crippen LogP contribution >= 0.6 is 28.1 Å². The molecular formula is C15H19BrN2OS. The Morgan fingerprint density at radius 3 is 2.55 bits per heavy atom. The lowest BCUT2D eigenvalue weighted by atomic mass is 9.81. The number of benzene rings is 1. The van der Waals surface area contributed by atoms with Gasteiger partial charge in [0.05, 0.1) is 10.5 Å². The van der Waals surface area contributed by atoms with E-state index >= 15 is 0 Å². The van der Waals surface area contributed by atoms with Crippen LogP contribution in [0.5, 0.6) is 0 Å². The van der Waals surface area contributed by atoms with Crippen LogP contribution < -0.4 is 11.1 Å². The van der Waals surface area contributed by atoms with Crippen LogP contribution in [0.4, 0.5) is 0 Å². The number of carbonyl (C=O) groups excluding carboxylic acids is 1. The first-order valence-corrected chi connectivity index (χ1v) is 8.03. The highest BCUT2D eigenvalue weighted by atomic mass is 79.9. The number of nitrogens with one attached hydrogen (secondary N) is 1. The summed E-state index contributed by atoms with van der Waals surface area (Å²) in [5, 5.41) is 3.07. The Morgan fingerprint density at radius 2 is 2.00 bits per heavy atom. The molecule has 0 bridgehead atoms. The predicted octanol–water partition coefficient (Wildman–Crippen LogP) is 3.48. The zero-order valence-corrected chi connectivity index (χ0v) is 13.9. The number of amides is 1. The van der Waals surface area contributed by atoms with Gasteiger partial charge in [0.1, 0.15) is 0 Å². The van der Waals surface area contributed by atoms with Crippen LogP contribution in [0.1, 0.15) is 48.0 Å². The van der Waals surface area contributed by atoms with Gasteiger partial charge in [0, 0.05) is 10.0 Å². The average molecular weight is 355 g/mol. The van der Waals surface area contributed by atoms with Crippen LogP contribution in [-0.2, 0) is 0 Å². The van der Waals surface area contributed by atoms with Gasteiger partial charge >= 0.3 is 0 Å². The van der Waals surface area contributed by atoms with E-state index in [1.165, 1.54) is 6.42 Å². The van der Waals surface area contributed by atoms with E-state index in [1.807, 2.05) is 25.1 Å². The summed E-state index contributed by atoms with van der Waals surface area (Å²) in [5.41, 5.74) is 7.11. The van der Waals surface area contributed by atoms with Crippen molar-refractivity contribution in [1.29, 1.82) is 0 Å². The first kappa shape index (κ1) is 15.4. The topological polar surface area (TPSA) is 55.1 Å². The molecule has 1 saturated carbocycles. The first-order valence-electron chi connectivity index (χ1n) is 6.83. The molecule has 1 aromatic carbocycles. The maximum absolute atomic E-state index is 12.4. The number of thiocarbonyl (C=S) groups is 1. The molecule has 5 heteroatoms. The Labute approximate surface area is 133 Å². The molecule has 108 valence electrons. The Morgan fingerprint density at radius 1 is 1.35 bits per heavy atom. The van der Waals surface area contributed by atoms with Gasteiger partial charge in [-0.25, -0.2) is 0 Å². The maximum Gasteiger partial charge on any atom is 0.252 e. The highest BCUT2D eigenvalue weighted by molar-refractivity contribution is 9.10. The third kappa shape index (κ3) is 3.20. The molecule has 3 nitrogen and oxygen atoms in total. The van der Waals surface area contributed by atoms with Gasteiger partial charge in [0.15, 0.2) is 0 Å². The van der Waals surface area contributed by atoms with E-state index in [2.05, 4.69) is 21.2 Å². The largest absolute Gasteiger partial charge is 0.391 e. The van der Waals surface area contributed by atoms with E-state index in [1.54, 1.807) is 0 Å². The minimum absolute atomic E-state index is 0.111. The van der Waals surface area contributed by atoms with Crippen LogP contribution in [0.25, 0.3) is 0 Å². The Kier molecular flexibility index (Phi) is 4.81. The zero-order valence-electron chi connectivity index (χ0n) is 11.5. The SMILES string of the molecule is Cc1ccc(C(=O)NC2(C(N)=S)CCCCC2)cc1Br. The van der Waals surface area contributed by atoms with Gasteiger partial charge in [-0.2, -0.15) is 0 Å². The van der Waals surface area contributed by atoms with E-state index in [4.69, 9.17) is 18.0 Å². The van der Waals surface area contributed by atoms with Crippen LogP contribution in [-0.4, -0.2) is 16.4 Å². The van der Waals surface area contributed by atoms with Crippen LogP contribution in [0.2, 0.25) is 0 Å². The normalized spacial score (nSPS) is 17.5. The molecule has 1 amide bonds. The smallest absolute Gasteiger partial charge is 0.252 e. The van der Waals surface area contributed by atoms with Crippen molar-refractivity contribution in [1.82, 2.24) is 5.32 Å². The molecule has 3 N–H and O–H groups in total. The number of hydrogen-bond donors (Lipinski definition) is 2. The van der Waals surface area contributed by atoms with E-state index < -0.39 is 5.54 Å². The number of hydrogen-bond acceptors (Lipinski definition) is 2. The van der Waals surface area contributed by atoms with Gasteiger partial charge < -0.3 is 11.1 Å². The monoisotopic (exact) mass is 354 g/mol. The predicted molar refractivity (Wildman–Crippen MR) is 88.9 cm³/mol. The van der Waals surface area contributed by atoms with Crippen LogP contribution in [0, 0.1) is 6.92 Å². The minimum Gasteiger partial charge on any atom is -0.391 e. The highest BCUT2D eigenvalue weighted by Gasteiger charge is 2.36. The Bertz CT molecular complexity index is 539. The van der Waals surface area contributed by atoms with E-state index in [0.717, 1.165) is 35.7 Å². The van der Waals surface area contributed by atoms with Crippen molar-refractivity contribution >= 4 is 39.0 Å². The van der Waals surface area contributed by atoms with Crippen molar-refractivity contribution in [3.63, 3.8) is 0 Å². The molecule has 1 aliphatic carbocycles. The fourth-order valence-corrected chi connectivity index (χ4v) is 3.25. The molecule has 0 aromatic heterocycles. The molecule has 0 heterocycles. The quantitative estimate of drug-likeness (QED) is 0.817. The summed E-state index contributed by atoms with van der Waals surface area (Å²) in [6.07, 6.45) is 4.95. The third-order valence-corrected chi connectivity index (χ3v) is 5.21. The second-order valence-corrected chi connectivity index (χ2v) is 6.72. The van der Waals surface area contributed by atoms with E-state index in [0.29, 0.717) is 10.6 Å². The van der Waals surface area contributed by atoms with Gasteiger partial charge in [-0.1, -0.05) is 53.5 Å². The number of nitrogens with two attached hydrogens (primary N) is 1. The molecule has 1 aliphatic rings. The molecule has 1 fully saturated rings. The molecule has 0 atom stereocenters. The number of halogens is 1. The summed E-state index contributed by atoms with van der Waals surface area (Å²) < 4.78 is 0.929. The van der Waals surface area contributed by atoms with E-state index in [9.17, 15) is 4.79 Å². The minimum atomic E-state index is -0.512. The highest BCUT2D eigenvalue weighted by Crippen LogP contribution is 2.29. The molecule has 1 aromatic rings. The fourth-order valence-electron chi connectivity index (χ4n) is 2.61. The molecule has 0 aliphatic heterocycles. The standard InChI is InChI=1S/C15H19BrN2OS/c1-10-5-6-11(9-12(10)16)13(19)18-15(14(17)20)7-3-2-4-8-15/h5-6,9H,2-4,7-8H2,1H3,(H2,17,20)(H,18,19). The average Bonchev–Trinajstić information content (AvgIpc) is 2.42. The van der Waals surface area contributed by atoms with Gasteiger partial charge in [-0.15, -0.1) is 0 Å².